The molecule has 0 unspecified atom stereocenters. The van der Waals surface area contributed by atoms with Gasteiger partial charge in [-0.2, -0.15) is 0 Å². The number of H-pyrrole nitrogens is 1. The van der Waals surface area contributed by atoms with Gasteiger partial charge in [-0.15, -0.1) is 6.58 Å². The SMILES string of the molecule is C=CCn1c(=O)[nH]c2nc(SC)ncc2c1=O. The third kappa shape index (κ3) is 2.01. The summed E-state index contributed by atoms with van der Waals surface area (Å²) in [6.45, 7) is 3.66. The largest absolute Gasteiger partial charge is 0.330 e. The predicted molar refractivity (Wildman–Crippen MR) is 66.4 cm³/mol. The topological polar surface area (TPSA) is 80.6 Å². The lowest BCUT2D eigenvalue weighted by atomic mass is 10.4. The van der Waals surface area contributed by atoms with Crippen LogP contribution in [0.25, 0.3) is 11.0 Å². The number of hydrogen-bond donors (Lipinski definition) is 1. The summed E-state index contributed by atoms with van der Waals surface area (Å²) in [5.74, 6) is 0. The van der Waals surface area contributed by atoms with Crippen molar-refractivity contribution in [3.63, 3.8) is 0 Å². The lowest BCUT2D eigenvalue weighted by Crippen LogP contribution is -2.34. The van der Waals surface area contributed by atoms with E-state index < -0.39 is 11.2 Å². The molecule has 2 aromatic rings. The van der Waals surface area contributed by atoms with E-state index in [1.807, 2.05) is 6.26 Å². The molecule has 0 amide bonds. The monoisotopic (exact) mass is 250 g/mol. The van der Waals surface area contributed by atoms with Crippen LogP contribution in [0, 0.1) is 0 Å². The number of allylic oxidation sites excluding steroid dienone is 1. The molecule has 6 nitrogen and oxygen atoms in total. The normalized spacial score (nSPS) is 10.6. The average molecular weight is 250 g/mol. The van der Waals surface area contributed by atoms with Crippen LogP contribution in [0.4, 0.5) is 0 Å². The Morgan fingerprint density at radius 3 is 3.00 bits per heavy atom. The van der Waals surface area contributed by atoms with Crippen LogP contribution < -0.4 is 11.2 Å². The maximum atomic E-state index is 11.9. The zero-order valence-electron chi connectivity index (χ0n) is 9.14. The van der Waals surface area contributed by atoms with Crippen molar-refractivity contribution in [1.29, 1.82) is 0 Å². The van der Waals surface area contributed by atoms with Crippen molar-refractivity contribution >= 4 is 22.8 Å². The van der Waals surface area contributed by atoms with Crippen LogP contribution >= 0.6 is 11.8 Å². The van der Waals surface area contributed by atoms with Gasteiger partial charge in [0.2, 0.25) is 0 Å². The summed E-state index contributed by atoms with van der Waals surface area (Å²) in [6, 6.07) is 0. The number of fused-ring (bicyclic) bond motifs is 1. The quantitative estimate of drug-likeness (QED) is 0.484. The Morgan fingerprint density at radius 2 is 2.35 bits per heavy atom. The van der Waals surface area contributed by atoms with Crippen molar-refractivity contribution in [3.05, 3.63) is 39.7 Å². The molecule has 88 valence electrons. The number of aromatic amines is 1. The summed E-state index contributed by atoms with van der Waals surface area (Å²) in [6.07, 6.45) is 4.73. The van der Waals surface area contributed by atoms with Crippen LogP contribution in [0.1, 0.15) is 0 Å². The molecule has 2 aromatic heterocycles. The fraction of sp³-hybridized carbons (Fsp3) is 0.200. The van der Waals surface area contributed by atoms with E-state index in [1.54, 1.807) is 0 Å². The number of thioether (sulfide) groups is 1. The van der Waals surface area contributed by atoms with Crippen molar-refractivity contribution in [2.24, 2.45) is 0 Å². The molecule has 0 fully saturated rings. The second-order valence-corrected chi connectivity index (χ2v) is 4.03. The van der Waals surface area contributed by atoms with Crippen LogP contribution in [0.3, 0.4) is 0 Å². The van der Waals surface area contributed by atoms with E-state index >= 15 is 0 Å². The van der Waals surface area contributed by atoms with E-state index in [-0.39, 0.29) is 12.2 Å². The Labute approximate surface area is 100 Å². The molecule has 0 saturated carbocycles. The van der Waals surface area contributed by atoms with Crippen LogP contribution in [-0.4, -0.2) is 25.8 Å². The molecule has 0 aliphatic heterocycles. The van der Waals surface area contributed by atoms with E-state index in [1.165, 1.54) is 24.0 Å². The average Bonchev–Trinajstić information content (AvgIpc) is 2.33. The van der Waals surface area contributed by atoms with Gasteiger partial charge < -0.3 is 0 Å². The van der Waals surface area contributed by atoms with Gasteiger partial charge in [0.25, 0.3) is 5.56 Å². The van der Waals surface area contributed by atoms with Gasteiger partial charge in [0.15, 0.2) is 10.8 Å². The minimum absolute atomic E-state index is 0.161. The van der Waals surface area contributed by atoms with Crippen molar-refractivity contribution in [2.45, 2.75) is 11.7 Å². The minimum Gasteiger partial charge on any atom is -0.291 e. The van der Waals surface area contributed by atoms with Gasteiger partial charge in [-0.05, 0) is 6.26 Å². The molecule has 17 heavy (non-hydrogen) atoms. The number of aromatic nitrogens is 4. The number of hydrogen-bond acceptors (Lipinski definition) is 5. The Balaban J connectivity index is 2.81. The highest BCUT2D eigenvalue weighted by Gasteiger charge is 2.08. The molecule has 2 rings (SSSR count). The van der Waals surface area contributed by atoms with Crippen molar-refractivity contribution in [2.75, 3.05) is 6.26 Å². The second kappa shape index (κ2) is 4.54. The number of nitrogens with one attached hydrogen (secondary N) is 1. The first-order valence-corrected chi connectivity index (χ1v) is 6.04. The summed E-state index contributed by atoms with van der Waals surface area (Å²) >= 11 is 1.34. The van der Waals surface area contributed by atoms with E-state index in [0.717, 1.165) is 4.57 Å². The first kappa shape index (κ1) is 11.6. The fourth-order valence-corrected chi connectivity index (χ4v) is 1.76. The van der Waals surface area contributed by atoms with E-state index in [9.17, 15) is 9.59 Å². The Bertz CT molecular complexity index is 689. The van der Waals surface area contributed by atoms with Gasteiger partial charge in [0.05, 0.1) is 0 Å². The lowest BCUT2D eigenvalue weighted by Gasteiger charge is -2.03. The van der Waals surface area contributed by atoms with Crippen molar-refractivity contribution in [3.8, 4) is 0 Å². The summed E-state index contributed by atoms with van der Waals surface area (Å²) in [4.78, 5) is 34.2. The van der Waals surface area contributed by atoms with Gasteiger partial charge in [0, 0.05) is 12.7 Å². The van der Waals surface area contributed by atoms with Gasteiger partial charge in [-0.25, -0.2) is 14.8 Å². The molecule has 7 heteroatoms. The highest BCUT2D eigenvalue weighted by atomic mass is 32.2. The van der Waals surface area contributed by atoms with E-state index in [4.69, 9.17) is 0 Å². The fourth-order valence-electron chi connectivity index (χ4n) is 1.42. The summed E-state index contributed by atoms with van der Waals surface area (Å²) < 4.78 is 1.05. The summed E-state index contributed by atoms with van der Waals surface area (Å²) in [7, 11) is 0. The molecule has 0 aromatic carbocycles. The van der Waals surface area contributed by atoms with E-state index in [2.05, 4.69) is 21.5 Å². The summed E-state index contributed by atoms with van der Waals surface area (Å²) in [5, 5.41) is 0.804. The van der Waals surface area contributed by atoms with Gasteiger partial charge >= 0.3 is 5.69 Å². The Kier molecular flexibility index (Phi) is 3.10. The van der Waals surface area contributed by atoms with Crippen LogP contribution in [0.15, 0.2) is 33.6 Å². The minimum atomic E-state index is -0.492. The molecule has 0 atom stereocenters. The second-order valence-electron chi connectivity index (χ2n) is 3.25. The maximum absolute atomic E-state index is 11.9. The lowest BCUT2D eigenvalue weighted by molar-refractivity contribution is 0.723. The predicted octanol–water partition coefficient (Wildman–Crippen LogP) is 0.388. The smallest absolute Gasteiger partial charge is 0.291 e. The third-order valence-electron chi connectivity index (χ3n) is 2.21. The number of nitrogens with zero attached hydrogens (tertiary/aromatic N) is 3. The molecule has 0 spiro atoms. The molecule has 0 saturated heterocycles. The zero-order chi connectivity index (χ0) is 12.4. The standard InChI is InChI=1S/C10H10N4O2S/c1-3-4-14-8(15)6-5-11-9(17-2)12-7(6)13-10(14)16/h3,5H,1,4H2,2H3,(H,11,12,13,16). The van der Waals surface area contributed by atoms with Crippen LogP contribution in [-0.2, 0) is 6.54 Å². The van der Waals surface area contributed by atoms with Crippen molar-refractivity contribution in [1.82, 2.24) is 19.5 Å². The first-order chi connectivity index (χ1) is 8.17. The number of rotatable bonds is 3. The van der Waals surface area contributed by atoms with Crippen molar-refractivity contribution < 1.29 is 0 Å². The Morgan fingerprint density at radius 1 is 1.59 bits per heavy atom. The molecular formula is C10H10N4O2S. The Hall–Kier alpha value is -1.89. The molecule has 0 aliphatic rings. The molecular weight excluding hydrogens is 240 g/mol. The highest BCUT2D eigenvalue weighted by molar-refractivity contribution is 7.98. The van der Waals surface area contributed by atoms with Gasteiger partial charge in [0.1, 0.15) is 5.39 Å². The van der Waals surface area contributed by atoms with Gasteiger partial charge in [-0.1, -0.05) is 17.8 Å². The van der Waals surface area contributed by atoms with Gasteiger partial charge in [-0.3, -0.25) is 14.3 Å². The molecule has 0 aliphatic carbocycles. The molecule has 0 bridgehead atoms. The van der Waals surface area contributed by atoms with Crippen LogP contribution in [0.2, 0.25) is 0 Å². The summed E-state index contributed by atoms with van der Waals surface area (Å²) in [5.41, 5.74) is -0.635. The highest BCUT2D eigenvalue weighted by Crippen LogP contribution is 2.09. The van der Waals surface area contributed by atoms with E-state index in [0.29, 0.717) is 10.5 Å². The first-order valence-electron chi connectivity index (χ1n) is 4.82. The maximum Gasteiger partial charge on any atom is 0.330 e. The third-order valence-corrected chi connectivity index (χ3v) is 2.77. The molecule has 2 heterocycles. The molecule has 1 N–H and O–H groups in total. The zero-order valence-corrected chi connectivity index (χ0v) is 9.95. The van der Waals surface area contributed by atoms with Crippen LogP contribution in [0.5, 0.6) is 0 Å². The molecule has 0 radical (unpaired) electrons.